The van der Waals surface area contributed by atoms with Gasteiger partial charge < -0.3 is 8.98 Å². The normalized spacial score (nSPS) is 12.6. The minimum absolute atomic E-state index is 0.0568. The lowest BCUT2D eigenvalue weighted by Crippen LogP contribution is -2.06. The van der Waals surface area contributed by atoms with Crippen molar-refractivity contribution in [2.45, 2.75) is 0 Å². The molecule has 3 aromatic carbocycles. The van der Waals surface area contributed by atoms with Crippen molar-refractivity contribution < 1.29 is 4.42 Å². The van der Waals surface area contributed by atoms with Crippen LogP contribution in [0.3, 0.4) is 0 Å². The first-order chi connectivity index (χ1) is 15.7. The molecule has 6 nitrogen and oxygen atoms in total. The molecule has 0 aliphatic carbocycles. The molecule has 0 saturated heterocycles. The van der Waals surface area contributed by atoms with Gasteiger partial charge in [-0.15, -0.1) is 0 Å². The lowest BCUT2D eigenvalue weighted by molar-refractivity contribution is 0.505. The van der Waals surface area contributed by atoms with Crippen LogP contribution < -0.4 is 10.8 Å². The van der Waals surface area contributed by atoms with Crippen LogP contribution in [0, 0.1) is 35.8 Å². The number of rotatable bonds is 1. The number of benzene rings is 3. The van der Waals surface area contributed by atoms with Gasteiger partial charge in [-0.25, -0.2) is 20.2 Å². The van der Waals surface area contributed by atoms with Gasteiger partial charge in [-0.3, -0.25) is 0 Å². The van der Waals surface area contributed by atoms with E-state index < -0.39 is 0 Å². The highest BCUT2D eigenvalue weighted by Gasteiger charge is 2.19. The molecule has 0 bridgehead atoms. The van der Waals surface area contributed by atoms with Gasteiger partial charge in [-0.2, -0.15) is 0 Å². The highest BCUT2D eigenvalue weighted by Crippen LogP contribution is 2.33. The van der Waals surface area contributed by atoms with E-state index >= 15 is 0 Å². The molecule has 0 aliphatic heterocycles. The van der Waals surface area contributed by atoms with Crippen molar-refractivity contribution in [2.75, 3.05) is 0 Å². The zero-order valence-electron chi connectivity index (χ0n) is 16.5. The van der Waals surface area contributed by atoms with Gasteiger partial charge in [-0.05, 0) is 18.2 Å². The second-order valence-corrected chi connectivity index (χ2v) is 6.97. The van der Waals surface area contributed by atoms with Crippen LogP contribution in [-0.4, -0.2) is 4.57 Å². The Bertz CT molecular complexity index is 1790. The van der Waals surface area contributed by atoms with Gasteiger partial charge in [0.05, 0.1) is 42.0 Å². The zero-order valence-corrected chi connectivity index (χ0v) is 16.5. The number of para-hydroxylation sites is 2. The first-order valence-electron chi connectivity index (χ1n) is 9.57. The molecule has 0 spiro atoms. The molecule has 32 heavy (non-hydrogen) atoms. The molecule has 0 radical (unpaired) electrons. The van der Waals surface area contributed by atoms with Crippen molar-refractivity contribution in [3.63, 3.8) is 0 Å². The van der Waals surface area contributed by atoms with E-state index in [1.807, 2.05) is 72.8 Å². The Labute approximate surface area is 182 Å². The fourth-order valence-corrected chi connectivity index (χ4v) is 4.14. The van der Waals surface area contributed by atoms with Crippen molar-refractivity contribution in [1.29, 1.82) is 10.5 Å². The summed E-state index contributed by atoms with van der Waals surface area (Å²) in [6.45, 7) is 14.8. The minimum Gasteiger partial charge on any atom is -0.476 e. The molecule has 5 rings (SSSR count). The lowest BCUT2D eigenvalue weighted by atomic mass is 10.1. The molecule has 5 aromatic rings. The molecule has 0 fully saturated rings. The molecule has 0 atom stereocenters. The lowest BCUT2D eigenvalue weighted by Gasteiger charge is -2.09. The summed E-state index contributed by atoms with van der Waals surface area (Å²) in [6.07, 6.45) is 0. The predicted molar refractivity (Wildman–Crippen MR) is 121 cm³/mol. The maximum atomic E-state index is 9.57. The van der Waals surface area contributed by atoms with Crippen LogP contribution >= 0.6 is 0 Å². The molecule has 0 saturated carbocycles. The summed E-state index contributed by atoms with van der Waals surface area (Å²) in [7, 11) is 0. The van der Waals surface area contributed by atoms with E-state index in [9.17, 15) is 10.5 Å². The molecule has 146 valence electrons. The van der Waals surface area contributed by atoms with Crippen LogP contribution in [0.1, 0.15) is 0 Å². The quantitative estimate of drug-likeness (QED) is 0.379. The van der Waals surface area contributed by atoms with Crippen LogP contribution in [0.25, 0.3) is 59.3 Å². The van der Waals surface area contributed by atoms with Gasteiger partial charge >= 0.3 is 11.4 Å². The predicted octanol–water partition coefficient (Wildman–Crippen LogP) is 4.63. The average Bonchev–Trinajstić information content (AvgIpc) is 3.38. The van der Waals surface area contributed by atoms with Crippen molar-refractivity contribution in [3.8, 4) is 17.8 Å². The highest BCUT2D eigenvalue weighted by molar-refractivity contribution is 6.10. The van der Waals surface area contributed by atoms with E-state index in [1.54, 1.807) is 6.07 Å². The molecule has 0 N–H and O–H groups in total. The number of hydrogen-bond acceptors (Lipinski definition) is 3. The monoisotopic (exact) mass is 409 g/mol. The summed E-state index contributed by atoms with van der Waals surface area (Å²) >= 11 is 0. The summed E-state index contributed by atoms with van der Waals surface area (Å²) in [5.74, 6) is 0. The third-order valence-corrected chi connectivity index (χ3v) is 5.40. The van der Waals surface area contributed by atoms with Crippen molar-refractivity contribution >= 4 is 44.0 Å². The summed E-state index contributed by atoms with van der Waals surface area (Å²) in [6, 6.07) is 25.1. The van der Waals surface area contributed by atoms with Crippen LogP contribution in [0.2, 0.25) is 0 Å². The Morgan fingerprint density at radius 2 is 1.25 bits per heavy atom. The zero-order chi connectivity index (χ0) is 22.2. The van der Waals surface area contributed by atoms with Gasteiger partial charge in [0.15, 0.2) is 10.8 Å². The first kappa shape index (κ1) is 18.7. The fourth-order valence-electron chi connectivity index (χ4n) is 4.14. The summed E-state index contributed by atoms with van der Waals surface area (Å²) in [5.41, 5.74) is 2.24. The summed E-state index contributed by atoms with van der Waals surface area (Å²) in [4.78, 5) is 6.61. The maximum absolute atomic E-state index is 9.57. The third kappa shape index (κ3) is 2.49. The van der Waals surface area contributed by atoms with Crippen molar-refractivity contribution in [1.82, 2.24) is 4.57 Å². The average molecular weight is 409 g/mol. The van der Waals surface area contributed by atoms with E-state index in [-0.39, 0.29) is 22.2 Å². The Morgan fingerprint density at radius 3 is 1.81 bits per heavy atom. The number of fused-ring (bicyclic) bond motifs is 4. The van der Waals surface area contributed by atoms with Crippen LogP contribution in [-0.2, 0) is 0 Å². The second-order valence-electron chi connectivity index (χ2n) is 6.97. The molecule has 2 aromatic heterocycles. The maximum Gasteiger partial charge on any atom is 0.304 e. The summed E-state index contributed by atoms with van der Waals surface area (Å²) in [5, 5.41) is 22.1. The molecular formula is C26H11N5O. The molecule has 2 heterocycles. The minimum atomic E-state index is -0.239. The third-order valence-electron chi connectivity index (χ3n) is 5.40. The van der Waals surface area contributed by atoms with Gasteiger partial charge in [-0.1, -0.05) is 48.5 Å². The molecule has 0 aliphatic rings. The number of hydrogen-bond donors (Lipinski definition) is 0. The van der Waals surface area contributed by atoms with Crippen molar-refractivity contribution in [3.05, 3.63) is 100 Å². The number of nitrogens with zero attached hydrogens (tertiary/aromatic N) is 5. The Balaban J connectivity index is 2.12. The second kappa shape index (κ2) is 7.19. The van der Waals surface area contributed by atoms with Gasteiger partial charge in [0.2, 0.25) is 0 Å². The SMILES string of the molecule is [C-]#[N+]/C(C#N)=c1/o/c(=C(\C#N)[N+]#[C-])c2c(-n3c4ccccc4c4ccccc43)cccc12. The van der Waals surface area contributed by atoms with Crippen molar-refractivity contribution in [2.24, 2.45) is 0 Å². The fraction of sp³-hybridized carbons (Fsp3) is 0. The smallest absolute Gasteiger partial charge is 0.304 e. The van der Waals surface area contributed by atoms with E-state index in [4.69, 9.17) is 17.6 Å². The highest BCUT2D eigenvalue weighted by atomic mass is 16.3. The number of aromatic nitrogens is 1. The topological polar surface area (TPSA) is 74.4 Å². The van der Waals surface area contributed by atoms with Crippen LogP contribution in [0.4, 0.5) is 0 Å². The van der Waals surface area contributed by atoms with Gasteiger partial charge in [0, 0.05) is 21.5 Å². The van der Waals surface area contributed by atoms with Gasteiger partial charge in [0.1, 0.15) is 0 Å². The largest absolute Gasteiger partial charge is 0.476 e. The summed E-state index contributed by atoms with van der Waals surface area (Å²) < 4.78 is 7.91. The Morgan fingerprint density at radius 1 is 0.719 bits per heavy atom. The van der Waals surface area contributed by atoms with E-state index in [1.165, 1.54) is 0 Å². The van der Waals surface area contributed by atoms with Crippen LogP contribution in [0.15, 0.2) is 71.1 Å². The van der Waals surface area contributed by atoms with E-state index in [2.05, 4.69) is 14.3 Å². The van der Waals surface area contributed by atoms with Crippen LogP contribution in [0.5, 0.6) is 0 Å². The molecule has 0 unspecified atom stereocenters. The van der Waals surface area contributed by atoms with E-state index in [0.29, 0.717) is 16.5 Å². The Hall–Kier alpha value is -5.30. The van der Waals surface area contributed by atoms with Gasteiger partial charge in [0.25, 0.3) is 0 Å². The van der Waals surface area contributed by atoms with E-state index in [0.717, 1.165) is 21.8 Å². The molecule has 6 heteroatoms. The number of nitriles is 2. The molecule has 0 amide bonds. The molecular weight excluding hydrogens is 398 g/mol. The Kier molecular flexibility index (Phi) is 4.20. The number of furan rings is 1. The standard InChI is InChI=1S/C26H11N5O/c1-29-19(14-27)25-18-10-7-13-23(24(18)26(32-25)20(15-28)30-2)31-21-11-5-3-8-16(21)17-9-4-6-12-22(17)31/h3-13H/b25-19+,26-20+. The first-order valence-corrected chi connectivity index (χ1v) is 9.57.